The second-order valence-corrected chi connectivity index (χ2v) is 9.33. The molecule has 2 saturated heterocycles. The second-order valence-electron chi connectivity index (χ2n) is 9.33. The van der Waals surface area contributed by atoms with Crippen molar-refractivity contribution >= 4 is 11.7 Å². The highest BCUT2D eigenvalue weighted by Gasteiger charge is 2.41. The Kier molecular flexibility index (Phi) is 5.85. The number of nitrogens with zero attached hydrogens (tertiary/aromatic N) is 3. The molecule has 1 unspecified atom stereocenters. The van der Waals surface area contributed by atoms with Crippen LogP contribution < -0.4 is 10.6 Å². The third kappa shape index (κ3) is 5.17. The minimum absolute atomic E-state index is 0.234. The Morgan fingerprint density at radius 3 is 2.70 bits per heavy atom. The molecule has 2 aliphatic heterocycles. The van der Waals surface area contributed by atoms with E-state index in [-0.39, 0.29) is 23.6 Å². The summed E-state index contributed by atoms with van der Waals surface area (Å²) in [5.41, 5.74) is 1.22. The van der Waals surface area contributed by atoms with Crippen molar-refractivity contribution in [2.75, 3.05) is 38.6 Å². The van der Waals surface area contributed by atoms with Gasteiger partial charge in [0.1, 0.15) is 11.6 Å². The number of aromatic nitrogens is 2. The number of hydrogen-bond donors (Lipinski definition) is 2. The van der Waals surface area contributed by atoms with Gasteiger partial charge in [0.15, 0.2) is 0 Å². The molecule has 176 valence electrons. The van der Waals surface area contributed by atoms with Crippen LogP contribution in [0.5, 0.6) is 0 Å². The van der Waals surface area contributed by atoms with E-state index in [0.29, 0.717) is 35.5 Å². The molecule has 33 heavy (non-hydrogen) atoms. The van der Waals surface area contributed by atoms with Crippen LogP contribution in [0.3, 0.4) is 0 Å². The topological polar surface area (TPSA) is 79.4 Å². The predicted octanol–water partition coefficient (Wildman–Crippen LogP) is 3.33. The third-order valence-corrected chi connectivity index (χ3v) is 6.96. The molecule has 8 heteroatoms. The maximum atomic E-state index is 14.0. The zero-order valence-corrected chi connectivity index (χ0v) is 18.9. The van der Waals surface area contributed by atoms with Crippen LogP contribution in [-0.4, -0.2) is 66.4 Å². The molecule has 0 bridgehead atoms. The van der Waals surface area contributed by atoms with Gasteiger partial charge in [0.25, 0.3) is 5.91 Å². The van der Waals surface area contributed by atoms with E-state index in [1.807, 2.05) is 11.0 Å². The summed E-state index contributed by atoms with van der Waals surface area (Å²) >= 11 is 0. The van der Waals surface area contributed by atoms with Crippen molar-refractivity contribution < 1.29 is 16.7 Å². The Labute approximate surface area is 196 Å². The molecule has 3 fully saturated rings. The van der Waals surface area contributed by atoms with Crippen LogP contribution in [0, 0.1) is 17.7 Å². The number of fused-ring (bicyclic) bond motifs is 1. The van der Waals surface area contributed by atoms with Crippen LogP contribution in [0.25, 0.3) is 11.3 Å². The van der Waals surface area contributed by atoms with E-state index >= 15 is 0 Å². The highest BCUT2D eigenvalue weighted by Crippen LogP contribution is 2.39. The van der Waals surface area contributed by atoms with Gasteiger partial charge in [0.05, 0.1) is 11.8 Å². The van der Waals surface area contributed by atoms with Gasteiger partial charge in [-0.15, -0.1) is 10.2 Å². The summed E-state index contributed by atoms with van der Waals surface area (Å²) in [6.45, 7) is 0.760. The van der Waals surface area contributed by atoms with Crippen LogP contribution in [0.15, 0.2) is 30.3 Å². The average Bonchev–Trinajstić information content (AvgIpc) is 3.43. The molecule has 3 aliphatic rings. The number of halogens is 1. The summed E-state index contributed by atoms with van der Waals surface area (Å²) in [5, 5.41) is 14.5. The smallest absolute Gasteiger partial charge is 0.251 e. The van der Waals surface area contributed by atoms with Gasteiger partial charge < -0.3 is 20.3 Å². The molecule has 0 spiro atoms. The first-order chi connectivity index (χ1) is 16.8. The van der Waals surface area contributed by atoms with Gasteiger partial charge in [-0.25, -0.2) is 4.39 Å². The molecule has 2 N–H and O–H groups in total. The van der Waals surface area contributed by atoms with Crippen molar-refractivity contribution in [1.82, 2.24) is 20.4 Å². The van der Waals surface area contributed by atoms with Crippen molar-refractivity contribution in [2.45, 2.75) is 44.2 Å². The number of carbonyl (C=O) groups is 1. The molecule has 0 radical (unpaired) electrons. The van der Waals surface area contributed by atoms with E-state index in [1.165, 1.54) is 19.2 Å². The molecule has 1 aliphatic carbocycles. The highest BCUT2D eigenvalue weighted by atomic mass is 19.1. The number of nitrogens with one attached hydrogen (secondary N) is 2. The number of anilines is 1. The lowest BCUT2D eigenvalue weighted by molar-refractivity contribution is -0.00303. The van der Waals surface area contributed by atoms with Crippen LogP contribution in [0.2, 0.25) is 0 Å². The summed E-state index contributed by atoms with van der Waals surface area (Å²) in [6.07, 6.45) is 4.44. The van der Waals surface area contributed by atoms with Gasteiger partial charge >= 0.3 is 0 Å². The monoisotopic (exact) mass is 455 g/mol. The molecule has 3 heterocycles. The number of rotatable bonds is 6. The molecule has 1 saturated carbocycles. The van der Waals surface area contributed by atoms with Crippen LogP contribution in [0.1, 0.15) is 45.2 Å². The number of ether oxygens (including phenoxy) is 1. The number of benzene rings is 1. The van der Waals surface area contributed by atoms with Gasteiger partial charge in [0, 0.05) is 53.2 Å². The molecular weight excluding hydrogens is 421 g/mol. The Morgan fingerprint density at radius 1 is 1.21 bits per heavy atom. The zero-order chi connectivity index (χ0) is 24.6. The first-order valence-corrected chi connectivity index (χ1v) is 11.8. The first-order valence-electron chi connectivity index (χ1n) is 12.8. The predicted molar refractivity (Wildman–Crippen MR) is 124 cm³/mol. The van der Waals surface area contributed by atoms with E-state index < -0.39 is 12.3 Å². The highest BCUT2D eigenvalue weighted by molar-refractivity contribution is 5.95. The van der Waals surface area contributed by atoms with E-state index in [2.05, 4.69) is 20.8 Å². The van der Waals surface area contributed by atoms with E-state index in [9.17, 15) is 9.18 Å². The summed E-state index contributed by atoms with van der Waals surface area (Å²) < 4.78 is 37.1. The standard InChI is InChI=1S/C25H32FN5O2/c1-27-25(32)17-8-16(9-20(26)10-17)23-5-6-24(30-29-23)28-21-11-18-13-31(14-19(18)12-21)15-22-4-2-3-7-33-22/h5-6,8-10,18-19,21-22H,2-4,7,11-15H2,1H3,(H,27,32)(H,28,30)/t18-,19+,21?,22-/m0/s1/i15D2. The largest absolute Gasteiger partial charge is 0.377 e. The number of likely N-dealkylation sites (tertiary alicyclic amines) is 1. The fourth-order valence-corrected chi connectivity index (χ4v) is 5.35. The van der Waals surface area contributed by atoms with Crippen molar-refractivity contribution in [3.63, 3.8) is 0 Å². The quantitative estimate of drug-likeness (QED) is 0.696. The normalized spacial score (nSPS) is 28.7. The van der Waals surface area contributed by atoms with E-state index in [1.54, 1.807) is 12.1 Å². The molecule has 5 rings (SSSR count). The van der Waals surface area contributed by atoms with E-state index in [4.69, 9.17) is 7.48 Å². The number of carbonyl (C=O) groups excluding carboxylic acids is 1. The van der Waals surface area contributed by atoms with Crippen molar-refractivity contribution in [1.29, 1.82) is 0 Å². The fourth-order valence-electron chi connectivity index (χ4n) is 5.35. The van der Waals surface area contributed by atoms with Gasteiger partial charge in [-0.1, -0.05) is 0 Å². The molecule has 1 aromatic heterocycles. The van der Waals surface area contributed by atoms with Crippen LogP contribution in [0.4, 0.5) is 10.2 Å². The Balaban J connectivity index is 1.18. The minimum Gasteiger partial charge on any atom is -0.377 e. The Morgan fingerprint density at radius 2 is 2.03 bits per heavy atom. The summed E-state index contributed by atoms with van der Waals surface area (Å²) in [6, 6.07) is 7.99. The molecule has 1 amide bonds. The number of hydrogen-bond acceptors (Lipinski definition) is 6. The zero-order valence-electron chi connectivity index (χ0n) is 20.9. The molecule has 7 nitrogen and oxygen atoms in total. The summed E-state index contributed by atoms with van der Waals surface area (Å²) in [5.74, 6) is 0.699. The lowest BCUT2D eigenvalue weighted by atomic mass is 10.0. The SMILES string of the molecule is [2H]C([2H])([C@@H]1CCCCO1)N1C[C@H]2CC(Nc3ccc(-c4cc(F)cc(C(=O)NC)c4)nn3)C[C@H]2C1. The number of amides is 1. The van der Waals surface area contributed by atoms with Crippen molar-refractivity contribution in [3.8, 4) is 11.3 Å². The van der Waals surface area contributed by atoms with E-state index in [0.717, 1.165) is 45.2 Å². The summed E-state index contributed by atoms with van der Waals surface area (Å²) in [7, 11) is 1.50. The average molecular weight is 456 g/mol. The molecular formula is C25H32FN5O2. The van der Waals surface area contributed by atoms with Crippen LogP contribution >= 0.6 is 0 Å². The van der Waals surface area contributed by atoms with Gasteiger partial charge in [-0.2, -0.15) is 0 Å². The second kappa shape index (κ2) is 9.73. The molecule has 4 atom stereocenters. The van der Waals surface area contributed by atoms with Gasteiger partial charge in [-0.05, 0) is 74.3 Å². The first kappa shape index (κ1) is 19.9. The minimum atomic E-state index is -1.41. The van der Waals surface area contributed by atoms with Crippen LogP contribution in [-0.2, 0) is 4.74 Å². The maximum Gasteiger partial charge on any atom is 0.251 e. The van der Waals surface area contributed by atoms with Crippen molar-refractivity contribution in [3.05, 3.63) is 41.7 Å². The van der Waals surface area contributed by atoms with Crippen molar-refractivity contribution in [2.24, 2.45) is 11.8 Å². The third-order valence-electron chi connectivity index (χ3n) is 6.96. The Hall–Kier alpha value is -2.58. The lowest BCUT2D eigenvalue weighted by Gasteiger charge is -2.28. The fraction of sp³-hybridized carbons (Fsp3) is 0.560. The van der Waals surface area contributed by atoms with Gasteiger partial charge in [0.2, 0.25) is 0 Å². The maximum absolute atomic E-state index is 14.0. The summed E-state index contributed by atoms with van der Waals surface area (Å²) in [4.78, 5) is 13.9. The van der Waals surface area contributed by atoms with Gasteiger partial charge in [-0.3, -0.25) is 4.79 Å². The molecule has 2 aromatic rings. The molecule has 1 aromatic carbocycles. The Bertz CT molecular complexity index is 1050. The lowest BCUT2D eigenvalue weighted by Crippen LogP contribution is -2.35.